The van der Waals surface area contributed by atoms with Crippen molar-refractivity contribution in [3.63, 3.8) is 0 Å². The van der Waals surface area contributed by atoms with Crippen molar-refractivity contribution < 1.29 is 0 Å². The van der Waals surface area contributed by atoms with E-state index in [-0.39, 0.29) is 0 Å². The summed E-state index contributed by atoms with van der Waals surface area (Å²) in [5.74, 6) is 0. The molecule has 0 saturated carbocycles. The van der Waals surface area contributed by atoms with Crippen molar-refractivity contribution in [2.45, 2.75) is 0 Å². The summed E-state index contributed by atoms with van der Waals surface area (Å²) in [5, 5.41) is 6.01. The van der Waals surface area contributed by atoms with E-state index in [0.717, 1.165) is 0 Å². The SMILES string of the molecule is Brc1ccc2c(c1)[se]c1c3ccc(Br)cc3[se]c21.c1ccc(-c2ccc3c(c2)[se]c2c4ccc(-c5ccccc5)cc4[se]c32)cc1. The predicted molar refractivity (Wildman–Crippen MR) is 212 cm³/mol. The molecule has 6 aromatic carbocycles. The van der Waals surface area contributed by atoms with Gasteiger partial charge in [0.1, 0.15) is 0 Å². The molecule has 10 aromatic rings. The zero-order valence-corrected chi connectivity index (χ0v) is 34.1. The van der Waals surface area contributed by atoms with Gasteiger partial charge in [-0.05, 0) is 0 Å². The Labute approximate surface area is 306 Å². The first kappa shape index (κ1) is 29.9. The first-order chi connectivity index (χ1) is 22.6. The number of fused-ring (bicyclic) bond motifs is 10. The fourth-order valence-corrected chi connectivity index (χ4v) is 20.5. The van der Waals surface area contributed by atoms with Gasteiger partial charge in [0, 0.05) is 0 Å². The van der Waals surface area contributed by atoms with Crippen LogP contribution in [0.15, 0.2) is 142 Å². The van der Waals surface area contributed by atoms with Gasteiger partial charge in [-0.3, -0.25) is 0 Å². The van der Waals surface area contributed by atoms with E-state index in [2.05, 4.69) is 165 Å². The standard InChI is InChI=1S/C26H16Se2.C14H6Br2Se2/c1-3-7-17(8-4-1)19-11-13-21-23(15-19)27-26-22-14-12-20(16-24(22)28-25(21)26)18-9-5-2-6-10-18;15-7-1-3-9-11(5-7)17-14-10-4-2-8(16)6-12(10)18-13(9)14/h1-16H;1-6H. The predicted octanol–water partition coefficient (Wildman–Crippen LogP) is 11.4. The first-order valence-electron chi connectivity index (χ1n) is 14.8. The van der Waals surface area contributed by atoms with Crippen molar-refractivity contribution in [1.82, 2.24) is 0 Å². The Balaban J connectivity index is 0.000000139. The van der Waals surface area contributed by atoms with Crippen LogP contribution in [-0.4, -0.2) is 58.0 Å². The van der Waals surface area contributed by atoms with Crippen LogP contribution in [0, 0.1) is 0 Å². The molecule has 0 saturated heterocycles. The molecule has 0 aliphatic rings. The van der Waals surface area contributed by atoms with Gasteiger partial charge in [-0.25, -0.2) is 0 Å². The second-order valence-corrected chi connectivity index (χ2v) is 21.8. The van der Waals surface area contributed by atoms with E-state index in [1.807, 2.05) is 0 Å². The molecule has 4 heterocycles. The molecule has 10 rings (SSSR count). The van der Waals surface area contributed by atoms with Crippen molar-refractivity contribution in [1.29, 1.82) is 0 Å². The van der Waals surface area contributed by atoms with Crippen LogP contribution in [0.2, 0.25) is 0 Å². The van der Waals surface area contributed by atoms with Gasteiger partial charge in [0.05, 0.1) is 0 Å². The summed E-state index contributed by atoms with van der Waals surface area (Å²) in [4.78, 5) is 0. The summed E-state index contributed by atoms with van der Waals surface area (Å²) >= 11 is 8.94. The fraction of sp³-hybridized carbons (Fsp3) is 0. The molecule has 0 bridgehead atoms. The normalized spacial score (nSPS) is 11.7. The van der Waals surface area contributed by atoms with Crippen LogP contribution in [0.3, 0.4) is 0 Å². The Hall–Kier alpha value is -2.16. The molecule has 0 nitrogen and oxygen atoms in total. The van der Waals surface area contributed by atoms with Crippen LogP contribution in [0.25, 0.3) is 77.9 Å². The number of hydrogen-bond acceptors (Lipinski definition) is 0. The zero-order valence-electron chi connectivity index (χ0n) is 24.1. The minimum absolute atomic E-state index is 0.413. The Bertz CT molecular complexity index is 2520. The third-order valence-electron chi connectivity index (χ3n) is 8.30. The van der Waals surface area contributed by atoms with Gasteiger partial charge < -0.3 is 0 Å². The van der Waals surface area contributed by atoms with Gasteiger partial charge >= 0.3 is 310 Å². The van der Waals surface area contributed by atoms with Crippen LogP contribution < -0.4 is 0 Å². The summed E-state index contributed by atoms with van der Waals surface area (Å²) in [6.07, 6.45) is 0. The molecule has 0 atom stereocenters. The van der Waals surface area contributed by atoms with Crippen molar-refractivity contribution in [3.05, 3.63) is 142 Å². The third-order valence-corrected chi connectivity index (χ3v) is 20.6. The topological polar surface area (TPSA) is 0 Å². The first-order valence-corrected chi connectivity index (χ1v) is 23.2. The van der Waals surface area contributed by atoms with E-state index in [1.165, 1.54) is 61.3 Å². The molecule has 0 spiro atoms. The van der Waals surface area contributed by atoms with Gasteiger partial charge in [0.25, 0.3) is 0 Å². The van der Waals surface area contributed by atoms with E-state index in [0.29, 0.717) is 58.0 Å². The van der Waals surface area contributed by atoms with Crippen LogP contribution in [0.4, 0.5) is 0 Å². The van der Waals surface area contributed by atoms with Gasteiger partial charge in [0.15, 0.2) is 0 Å². The minimum atomic E-state index is 0.413. The molecule has 0 amide bonds. The quantitative estimate of drug-likeness (QED) is 0.151. The second-order valence-electron chi connectivity index (χ2n) is 11.2. The molecule has 0 N–H and O–H groups in total. The van der Waals surface area contributed by atoms with Crippen molar-refractivity contribution in [3.8, 4) is 22.3 Å². The molecular formula is C40H22Br2Se4. The van der Waals surface area contributed by atoms with Gasteiger partial charge in [-0.1, -0.05) is 0 Å². The molecule has 0 aliphatic carbocycles. The molecule has 46 heavy (non-hydrogen) atoms. The molecule has 0 radical (unpaired) electrons. The average molecular weight is 978 g/mol. The molecule has 220 valence electrons. The summed E-state index contributed by atoms with van der Waals surface area (Å²) in [6.45, 7) is 0. The Morgan fingerprint density at radius 2 is 0.630 bits per heavy atom. The molecule has 0 fully saturated rings. The number of rotatable bonds is 2. The average Bonchev–Trinajstić information content (AvgIpc) is 3.82. The second kappa shape index (κ2) is 12.4. The number of halogens is 2. The van der Waals surface area contributed by atoms with Crippen molar-refractivity contribution in [2.24, 2.45) is 0 Å². The van der Waals surface area contributed by atoms with E-state index in [4.69, 9.17) is 0 Å². The van der Waals surface area contributed by atoms with Crippen molar-refractivity contribution in [2.75, 3.05) is 0 Å². The molecule has 6 heteroatoms. The van der Waals surface area contributed by atoms with Crippen LogP contribution in [0.1, 0.15) is 0 Å². The monoisotopic (exact) mass is 980 g/mol. The van der Waals surface area contributed by atoms with Crippen LogP contribution >= 0.6 is 31.9 Å². The van der Waals surface area contributed by atoms with E-state index >= 15 is 0 Å². The van der Waals surface area contributed by atoms with Crippen LogP contribution in [-0.2, 0) is 0 Å². The Kier molecular flexibility index (Phi) is 8.05. The Morgan fingerprint density at radius 1 is 0.304 bits per heavy atom. The fourth-order valence-electron chi connectivity index (χ4n) is 6.08. The molecular weight excluding hydrogens is 956 g/mol. The third kappa shape index (κ3) is 5.38. The number of benzene rings is 6. The Morgan fingerprint density at radius 3 is 1.00 bits per heavy atom. The number of hydrogen-bond donors (Lipinski definition) is 0. The maximum absolute atomic E-state index is 3.58. The van der Waals surface area contributed by atoms with E-state index in [1.54, 1.807) is 25.6 Å². The van der Waals surface area contributed by atoms with E-state index < -0.39 is 0 Å². The van der Waals surface area contributed by atoms with Gasteiger partial charge in [-0.15, -0.1) is 0 Å². The summed E-state index contributed by atoms with van der Waals surface area (Å²) in [7, 11) is 0. The molecule has 0 unspecified atom stereocenters. The van der Waals surface area contributed by atoms with Gasteiger partial charge in [0.2, 0.25) is 0 Å². The molecule has 0 aliphatic heterocycles. The van der Waals surface area contributed by atoms with E-state index in [9.17, 15) is 0 Å². The summed E-state index contributed by atoms with van der Waals surface area (Å²) in [6, 6.07) is 49.1. The van der Waals surface area contributed by atoms with Gasteiger partial charge in [-0.2, -0.15) is 0 Å². The van der Waals surface area contributed by atoms with Crippen molar-refractivity contribution >= 4 is 146 Å². The maximum atomic E-state index is 3.58. The zero-order chi connectivity index (χ0) is 30.8. The van der Waals surface area contributed by atoms with Crippen LogP contribution in [0.5, 0.6) is 0 Å². The summed E-state index contributed by atoms with van der Waals surface area (Å²) in [5.41, 5.74) is 5.31. The summed E-state index contributed by atoms with van der Waals surface area (Å²) < 4.78 is 15.1. The molecule has 4 aromatic heterocycles.